The van der Waals surface area contributed by atoms with E-state index in [0.29, 0.717) is 5.75 Å². The maximum atomic E-state index is 12.2. The van der Waals surface area contributed by atoms with Gasteiger partial charge in [-0.2, -0.15) is 0 Å². The third-order valence-electron chi connectivity index (χ3n) is 3.87. The van der Waals surface area contributed by atoms with Gasteiger partial charge in [0.25, 0.3) is 0 Å². The number of nitrogens with zero attached hydrogens (tertiary/aromatic N) is 3. The van der Waals surface area contributed by atoms with E-state index in [1.165, 1.54) is 22.2 Å². The Morgan fingerprint density at radius 1 is 1.23 bits per heavy atom. The van der Waals surface area contributed by atoms with Crippen LogP contribution in [0.5, 0.6) is 0 Å². The van der Waals surface area contributed by atoms with Gasteiger partial charge < -0.3 is 9.88 Å². The van der Waals surface area contributed by atoms with E-state index in [4.69, 9.17) is 0 Å². The van der Waals surface area contributed by atoms with Crippen LogP contribution in [0.25, 0.3) is 0 Å². The largest absolute Gasteiger partial charge is 0.325 e. The van der Waals surface area contributed by atoms with Crippen LogP contribution < -0.4 is 5.32 Å². The summed E-state index contributed by atoms with van der Waals surface area (Å²) in [5.41, 5.74) is 2.12. The number of nitrogens with one attached hydrogen (secondary N) is 1. The monoisotopic (exact) mass is 386 g/mol. The maximum absolute atomic E-state index is 12.2. The van der Waals surface area contributed by atoms with Gasteiger partial charge in [-0.1, -0.05) is 43.3 Å². The highest BCUT2D eigenvalue weighted by atomic mass is 32.2. The lowest BCUT2D eigenvalue weighted by molar-refractivity contribution is -0.113. The van der Waals surface area contributed by atoms with Gasteiger partial charge in [0.15, 0.2) is 5.16 Å². The van der Waals surface area contributed by atoms with Crippen LogP contribution in [0.15, 0.2) is 53.3 Å². The second kappa shape index (κ2) is 9.54. The van der Waals surface area contributed by atoms with Crippen molar-refractivity contribution in [3.8, 4) is 0 Å². The zero-order chi connectivity index (χ0) is 18.2. The molecule has 2 heterocycles. The number of aryl methyl sites for hydroxylation is 3. The zero-order valence-electron chi connectivity index (χ0n) is 14.7. The average molecular weight is 387 g/mol. The van der Waals surface area contributed by atoms with E-state index in [1.54, 1.807) is 17.7 Å². The van der Waals surface area contributed by atoms with Crippen molar-refractivity contribution in [3.63, 3.8) is 0 Å². The average Bonchev–Trinajstić information content (AvgIpc) is 3.31. The van der Waals surface area contributed by atoms with E-state index in [-0.39, 0.29) is 5.91 Å². The Bertz CT molecular complexity index is 812. The number of hydrogen-bond acceptors (Lipinski definition) is 5. The topological polar surface area (TPSA) is 59.8 Å². The molecule has 0 spiro atoms. The quantitative estimate of drug-likeness (QED) is 0.558. The molecule has 0 radical (unpaired) electrons. The molecule has 0 aliphatic carbocycles. The number of carbonyl (C=O) groups excluding carboxylic acids is 1. The fourth-order valence-electron chi connectivity index (χ4n) is 2.57. The molecule has 26 heavy (non-hydrogen) atoms. The van der Waals surface area contributed by atoms with E-state index in [2.05, 4.69) is 52.1 Å². The number of thioether (sulfide) groups is 1. The van der Waals surface area contributed by atoms with Crippen molar-refractivity contribution >= 4 is 34.7 Å². The van der Waals surface area contributed by atoms with Crippen LogP contribution in [-0.4, -0.2) is 26.4 Å². The first-order valence-electron chi connectivity index (χ1n) is 8.66. The number of anilines is 1. The first kappa shape index (κ1) is 18.7. The van der Waals surface area contributed by atoms with Gasteiger partial charge in [-0.15, -0.1) is 21.5 Å². The predicted molar refractivity (Wildman–Crippen MR) is 108 cm³/mol. The van der Waals surface area contributed by atoms with Crippen LogP contribution in [0.4, 0.5) is 5.69 Å². The van der Waals surface area contributed by atoms with Crippen LogP contribution >= 0.6 is 23.1 Å². The molecule has 0 saturated carbocycles. The normalized spacial score (nSPS) is 10.8. The molecule has 0 aliphatic rings. The summed E-state index contributed by atoms with van der Waals surface area (Å²) in [6.45, 7) is 2.97. The minimum atomic E-state index is -0.0361. The summed E-state index contributed by atoms with van der Waals surface area (Å²) < 4.78 is 2.00. The molecule has 1 amide bonds. The summed E-state index contributed by atoms with van der Waals surface area (Å²) in [6, 6.07) is 12.2. The van der Waals surface area contributed by atoms with Crippen molar-refractivity contribution in [2.24, 2.45) is 0 Å². The molecular weight excluding hydrogens is 364 g/mol. The van der Waals surface area contributed by atoms with Gasteiger partial charge in [-0.25, -0.2) is 0 Å². The van der Waals surface area contributed by atoms with E-state index in [9.17, 15) is 4.79 Å². The number of hydrogen-bond donors (Lipinski definition) is 1. The van der Waals surface area contributed by atoms with Crippen molar-refractivity contribution in [1.29, 1.82) is 0 Å². The first-order valence-corrected chi connectivity index (χ1v) is 10.5. The summed E-state index contributed by atoms with van der Waals surface area (Å²) in [6.07, 6.45) is 4.85. The molecule has 5 nitrogen and oxygen atoms in total. The molecule has 136 valence electrons. The van der Waals surface area contributed by atoms with Gasteiger partial charge >= 0.3 is 0 Å². The molecule has 0 unspecified atom stereocenters. The Kier molecular flexibility index (Phi) is 6.85. The second-order valence-electron chi connectivity index (χ2n) is 5.92. The fourth-order valence-corrected chi connectivity index (χ4v) is 4.01. The number of rotatable bonds is 9. The standard InChI is InChI=1S/C19H22N4OS2/c1-2-4-15-6-8-16(9-7-15)21-18(24)13-26-19-22-20-14-23(19)11-10-17-5-3-12-25-17/h3,5-9,12,14H,2,4,10-11,13H2,1H3,(H,21,24). The molecule has 0 bridgehead atoms. The summed E-state index contributed by atoms with van der Waals surface area (Å²) >= 11 is 3.16. The molecule has 0 fully saturated rings. The highest BCUT2D eigenvalue weighted by molar-refractivity contribution is 7.99. The smallest absolute Gasteiger partial charge is 0.234 e. The SMILES string of the molecule is CCCc1ccc(NC(=O)CSc2nncn2CCc2cccs2)cc1. The van der Waals surface area contributed by atoms with Gasteiger partial charge in [0, 0.05) is 17.1 Å². The summed E-state index contributed by atoms with van der Waals surface area (Å²) in [5, 5.41) is 13.9. The van der Waals surface area contributed by atoms with Crippen molar-refractivity contribution in [1.82, 2.24) is 14.8 Å². The molecule has 0 atom stereocenters. The van der Waals surface area contributed by atoms with Crippen molar-refractivity contribution in [2.75, 3.05) is 11.1 Å². The lowest BCUT2D eigenvalue weighted by atomic mass is 10.1. The Balaban J connectivity index is 1.47. The first-order chi connectivity index (χ1) is 12.7. The van der Waals surface area contributed by atoms with Crippen molar-refractivity contribution < 1.29 is 4.79 Å². The number of amides is 1. The minimum absolute atomic E-state index is 0.0361. The molecule has 0 aliphatic heterocycles. The van der Waals surface area contributed by atoms with Gasteiger partial charge in [-0.3, -0.25) is 4.79 Å². The Labute approximate surface area is 161 Å². The van der Waals surface area contributed by atoms with Crippen LogP contribution in [0, 0.1) is 0 Å². The third kappa shape index (κ3) is 5.44. The second-order valence-corrected chi connectivity index (χ2v) is 7.89. The van der Waals surface area contributed by atoms with Crippen LogP contribution in [0.2, 0.25) is 0 Å². The van der Waals surface area contributed by atoms with E-state index >= 15 is 0 Å². The summed E-state index contributed by atoms with van der Waals surface area (Å²) in [5.74, 6) is 0.278. The molecule has 3 aromatic rings. The molecule has 1 aromatic carbocycles. The summed E-state index contributed by atoms with van der Waals surface area (Å²) in [7, 11) is 0. The lowest BCUT2D eigenvalue weighted by Crippen LogP contribution is -2.14. The van der Waals surface area contributed by atoms with Gasteiger partial charge in [0.1, 0.15) is 6.33 Å². The highest BCUT2D eigenvalue weighted by Gasteiger charge is 2.09. The van der Waals surface area contributed by atoms with Gasteiger partial charge in [0.2, 0.25) is 5.91 Å². The van der Waals surface area contributed by atoms with Crippen LogP contribution in [0.1, 0.15) is 23.8 Å². The maximum Gasteiger partial charge on any atom is 0.234 e. The van der Waals surface area contributed by atoms with E-state index in [1.807, 2.05) is 16.7 Å². The van der Waals surface area contributed by atoms with E-state index < -0.39 is 0 Å². The lowest BCUT2D eigenvalue weighted by Gasteiger charge is -2.07. The Hall–Kier alpha value is -2.12. The summed E-state index contributed by atoms with van der Waals surface area (Å²) in [4.78, 5) is 13.5. The van der Waals surface area contributed by atoms with Crippen LogP contribution in [-0.2, 0) is 24.2 Å². The van der Waals surface area contributed by atoms with Crippen molar-refractivity contribution in [3.05, 3.63) is 58.5 Å². The Morgan fingerprint density at radius 3 is 2.81 bits per heavy atom. The third-order valence-corrected chi connectivity index (χ3v) is 5.79. The van der Waals surface area contributed by atoms with Gasteiger partial charge in [-0.05, 0) is 42.0 Å². The van der Waals surface area contributed by atoms with Crippen LogP contribution in [0.3, 0.4) is 0 Å². The number of carbonyl (C=O) groups is 1. The molecule has 3 rings (SSSR count). The molecule has 7 heteroatoms. The van der Waals surface area contributed by atoms with E-state index in [0.717, 1.165) is 36.7 Å². The molecular formula is C19H22N4OS2. The number of aromatic nitrogens is 3. The molecule has 1 N–H and O–H groups in total. The minimum Gasteiger partial charge on any atom is -0.325 e. The molecule has 2 aromatic heterocycles. The highest BCUT2D eigenvalue weighted by Crippen LogP contribution is 2.18. The zero-order valence-corrected chi connectivity index (χ0v) is 16.4. The van der Waals surface area contributed by atoms with Crippen molar-refractivity contribution in [2.45, 2.75) is 37.9 Å². The Morgan fingerprint density at radius 2 is 2.08 bits per heavy atom. The number of thiophene rings is 1. The number of benzene rings is 1. The fraction of sp³-hybridized carbons (Fsp3) is 0.316. The predicted octanol–water partition coefficient (Wildman–Crippen LogP) is 4.27. The molecule has 0 saturated heterocycles. The van der Waals surface area contributed by atoms with Gasteiger partial charge in [0.05, 0.1) is 5.75 Å².